The SMILES string of the molecule is CC(O)COC1CCCC(C(C)(C)C)C1. The molecule has 0 saturated heterocycles. The predicted octanol–water partition coefficient (Wildman–Crippen LogP) is 2.99. The van der Waals surface area contributed by atoms with Gasteiger partial charge in [-0.2, -0.15) is 0 Å². The van der Waals surface area contributed by atoms with E-state index in [2.05, 4.69) is 20.8 Å². The second-order valence-corrected chi connectivity index (χ2v) is 6.03. The van der Waals surface area contributed by atoms with Crippen LogP contribution in [0.3, 0.4) is 0 Å². The van der Waals surface area contributed by atoms with E-state index in [1.807, 2.05) is 0 Å². The summed E-state index contributed by atoms with van der Waals surface area (Å²) in [4.78, 5) is 0. The topological polar surface area (TPSA) is 29.5 Å². The third kappa shape index (κ3) is 4.52. The Balaban J connectivity index is 2.36. The van der Waals surface area contributed by atoms with Crippen molar-refractivity contribution in [2.45, 2.75) is 65.6 Å². The number of ether oxygens (including phenoxy) is 1. The summed E-state index contributed by atoms with van der Waals surface area (Å²) in [5, 5.41) is 9.18. The van der Waals surface area contributed by atoms with Crippen LogP contribution >= 0.6 is 0 Å². The lowest BCUT2D eigenvalue weighted by molar-refractivity contribution is -0.0393. The Hall–Kier alpha value is -0.0800. The van der Waals surface area contributed by atoms with Crippen LogP contribution in [0.15, 0.2) is 0 Å². The van der Waals surface area contributed by atoms with Gasteiger partial charge in [-0.3, -0.25) is 0 Å². The van der Waals surface area contributed by atoms with Gasteiger partial charge in [-0.05, 0) is 37.5 Å². The van der Waals surface area contributed by atoms with Gasteiger partial charge in [0, 0.05) is 0 Å². The zero-order valence-electron chi connectivity index (χ0n) is 10.6. The van der Waals surface area contributed by atoms with E-state index >= 15 is 0 Å². The van der Waals surface area contributed by atoms with Crippen LogP contribution < -0.4 is 0 Å². The number of hydrogen-bond acceptors (Lipinski definition) is 2. The fourth-order valence-corrected chi connectivity index (χ4v) is 2.36. The Morgan fingerprint density at radius 3 is 2.53 bits per heavy atom. The highest BCUT2D eigenvalue weighted by Crippen LogP contribution is 2.38. The summed E-state index contributed by atoms with van der Waals surface area (Å²) in [5.74, 6) is 0.769. The smallest absolute Gasteiger partial charge is 0.0745 e. The maximum atomic E-state index is 9.18. The van der Waals surface area contributed by atoms with Crippen LogP contribution in [0.1, 0.15) is 53.4 Å². The summed E-state index contributed by atoms with van der Waals surface area (Å²) in [6, 6.07) is 0. The first-order valence-electron chi connectivity index (χ1n) is 6.19. The molecule has 1 aliphatic rings. The average molecular weight is 214 g/mol. The maximum absolute atomic E-state index is 9.18. The van der Waals surface area contributed by atoms with Crippen LogP contribution in [-0.2, 0) is 4.74 Å². The van der Waals surface area contributed by atoms with E-state index < -0.39 is 0 Å². The van der Waals surface area contributed by atoms with Gasteiger partial charge in [-0.15, -0.1) is 0 Å². The molecule has 3 atom stereocenters. The molecule has 2 heteroatoms. The van der Waals surface area contributed by atoms with Gasteiger partial charge >= 0.3 is 0 Å². The Morgan fingerprint density at radius 1 is 1.33 bits per heavy atom. The van der Waals surface area contributed by atoms with Crippen molar-refractivity contribution in [3.05, 3.63) is 0 Å². The lowest BCUT2D eigenvalue weighted by Gasteiger charge is -2.37. The predicted molar refractivity (Wildman–Crippen MR) is 62.8 cm³/mol. The van der Waals surface area contributed by atoms with Gasteiger partial charge in [0.1, 0.15) is 0 Å². The maximum Gasteiger partial charge on any atom is 0.0745 e. The van der Waals surface area contributed by atoms with Crippen LogP contribution in [0.4, 0.5) is 0 Å². The summed E-state index contributed by atoms with van der Waals surface area (Å²) >= 11 is 0. The van der Waals surface area contributed by atoms with Crippen LogP contribution in [0.2, 0.25) is 0 Å². The molecule has 1 N–H and O–H groups in total. The third-order valence-corrected chi connectivity index (χ3v) is 3.42. The van der Waals surface area contributed by atoms with Gasteiger partial charge in [0.05, 0.1) is 18.8 Å². The molecule has 0 aromatic rings. The second-order valence-electron chi connectivity index (χ2n) is 6.03. The molecular formula is C13H26O2. The quantitative estimate of drug-likeness (QED) is 0.782. The Morgan fingerprint density at radius 2 is 2.00 bits per heavy atom. The molecule has 1 fully saturated rings. The molecule has 2 nitrogen and oxygen atoms in total. The highest BCUT2D eigenvalue weighted by atomic mass is 16.5. The molecule has 0 bridgehead atoms. The van der Waals surface area contributed by atoms with Crippen molar-refractivity contribution in [1.82, 2.24) is 0 Å². The molecule has 0 aromatic carbocycles. The van der Waals surface area contributed by atoms with Gasteiger partial charge in [0.25, 0.3) is 0 Å². The molecule has 1 rings (SSSR count). The normalized spacial score (nSPS) is 30.2. The number of aliphatic hydroxyl groups is 1. The number of hydrogen-bond donors (Lipinski definition) is 1. The summed E-state index contributed by atoms with van der Waals surface area (Å²) < 4.78 is 5.72. The van der Waals surface area contributed by atoms with E-state index in [9.17, 15) is 5.11 Å². The van der Waals surface area contributed by atoms with E-state index in [4.69, 9.17) is 4.74 Å². The first-order valence-corrected chi connectivity index (χ1v) is 6.19. The second kappa shape index (κ2) is 5.31. The lowest BCUT2D eigenvalue weighted by atomic mass is 9.71. The van der Waals surface area contributed by atoms with Crippen LogP contribution in [0.25, 0.3) is 0 Å². The lowest BCUT2D eigenvalue weighted by Crippen LogP contribution is -2.32. The molecule has 0 heterocycles. The average Bonchev–Trinajstić information content (AvgIpc) is 2.14. The summed E-state index contributed by atoms with van der Waals surface area (Å²) in [5.41, 5.74) is 0.396. The van der Waals surface area contributed by atoms with Crippen molar-refractivity contribution in [3.8, 4) is 0 Å². The van der Waals surface area contributed by atoms with E-state index in [1.54, 1.807) is 6.92 Å². The van der Waals surface area contributed by atoms with Crippen molar-refractivity contribution >= 4 is 0 Å². The van der Waals surface area contributed by atoms with Crippen molar-refractivity contribution in [2.75, 3.05) is 6.61 Å². The summed E-state index contributed by atoms with van der Waals surface area (Å²) in [6.45, 7) is 9.21. The molecule has 0 aliphatic heterocycles. The minimum Gasteiger partial charge on any atom is -0.391 e. The van der Waals surface area contributed by atoms with Crippen LogP contribution in [-0.4, -0.2) is 23.9 Å². The molecule has 15 heavy (non-hydrogen) atoms. The molecule has 1 saturated carbocycles. The zero-order chi connectivity index (χ0) is 11.5. The molecule has 0 spiro atoms. The first-order chi connectivity index (χ1) is 6.89. The summed E-state index contributed by atoms with van der Waals surface area (Å²) in [6.07, 6.45) is 4.97. The van der Waals surface area contributed by atoms with Crippen molar-refractivity contribution in [1.29, 1.82) is 0 Å². The molecule has 0 aromatic heterocycles. The molecule has 0 radical (unpaired) electrons. The fraction of sp³-hybridized carbons (Fsp3) is 1.00. The molecule has 1 aliphatic carbocycles. The van der Waals surface area contributed by atoms with Gasteiger partial charge in [0.15, 0.2) is 0 Å². The van der Waals surface area contributed by atoms with Crippen LogP contribution in [0.5, 0.6) is 0 Å². The van der Waals surface area contributed by atoms with E-state index in [1.165, 1.54) is 19.3 Å². The van der Waals surface area contributed by atoms with E-state index in [0.717, 1.165) is 12.3 Å². The molecule has 0 amide bonds. The van der Waals surface area contributed by atoms with E-state index in [-0.39, 0.29) is 6.10 Å². The zero-order valence-corrected chi connectivity index (χ0v) is 10.6. The Kier molecular flexibility index (Phi) is 4.60. The van der Waals surface area contributed by atoms with Gasteiger partial charge in [0.2, 0.25) is 0 Å². The third-order valence-electron chi connectivity index (χ3n) is 3.42. The summed E-state index contributed by atoms with van der Waals surface area (Å²) in [7, 11) is 0. The largest absolute Gasteiger partial charge is 0.391 e. The number of aliphatic hydroxyl groups excluding tert-OH is 1. The minimum atomic E-state index is -0.333. The van der Waals surface area contributed by atoms with Crippen molar-refractivity contribution in [2.24, 2.45) is 11.3 Å². The van der Waals surface area contributed by atoms with Gasteiger partial charge < -0.3 is 9.84 Å². The highest BCUT2D eigenvalue weighted by Gasteiger charge is 2.30. The Labute approximate surface area is 94.0 Å². The van der Waals surface area contributed by atoms with Crippen molar-refractivity contribution < 1.29 is 9.84 Å². The number of rotatable bonds is 3. The fourth-order valence-electron chi connectivity index (χ4n) is 2.36. The standard InChI is InChI=1S/C13H26O2/c1-10(14)9-15-12-7-5-6-11(8-12)13(2,3)4/h10-12,14H,5-9H2,1-4H3. The highest BCUT2D eigenvalue weighted by molar-refractivity contribution is 4.81. The monoisotopic (exact) mass is 214 g/mol. The molecular weight excluding hydrogens is 188 g/mol. The molecule has 90 valence electrons. The molecule has 3 unspecified atom stereocenters. The van der Waals surface area contributed by atoms with Gasteiger partial charge in [-0.1, -0.05) is 27.2 Å². The van der Waals surface area contributed by atoms with Gasteiger partial charge in [-0.25, -0.2) is 0 Å². The minimum absolute atomic E-state index is 0.333. The first kappa shape index (κ1) is 13.0. The Bertz CT molecular complexity index is 181. The van der Waals surface area contributed by atoms with E-state index in [0.29, 0.717) is 18.1 Å². The van der Waals surface area contributed by atoms with Crippen LogP contribution in [0, 0.1) is 11.3 Å². The van der Waals surface area contributed by atoms with Crippen molar-refractivity contribution in [3.63, 3.8) is 0 Å².